The summed E-state index contributed by atoms with van der Waals surface area (Å²) in [6, 6.07) is -0.510. The number of methoxy groups -OCH3 is 1. The molecule has 0 aromatic rings. The lowest BCUT2D eigenvalue weighted by Gasteiger charge is -2.26. The zero-order valence-corrected chi connectivity index (χ0v) is 24.8. The Labute approximate surface area is 222 Å². The molecule has 0 radical (unpaired) electrons. The topological polar surface area (TPSA) is 67.8 Å². The van der Waals surface area contributed by atoms with E-state index in [0.717, 1.165) is 44.9 Å². The molecule has 0 aromatic carbocycles. The molecule has 0 heterocycles. The van der Waals surface area contributed by atoms with Gasteiger partial charge in [-0.1, -0.05) is 67.4 Å². The first-order valence-electron chi connectivity index (χ1n) is 13.7. The SMILES string of the molecule is COC(O)C(NC(=O)OC(C)CCC=C(C)CCC=C(C)CCC=C(C)CC(C)C=C(C)C)C(C)C. The highest BCUT2D eigenvalue weighted by molar-refractivity contribution is 5.67. The number of rotatable bonds is 17. The number of aliphatic hydroxyl groups is 1. The smallest absolute Gasteiger partial charge is 0.407 e. The Hall–Kier alpha value is -1.85. The fourth-order valence-corrected chi connectivity index (χ4v) is 4.21. The summed E-state index contributed by atoms with van der Waals surface area (Å²) in [6.45, 7) is 19.0. The van der Waals surface area contributed by atoms with Gasteiger partial charge in [-0.2, -0.15) is 0 Å². The Balaban J connectivity index is 4.30. The summed E-state index contributed by atoms with van der Waals surface area (Å²) in [5.41, 5.74) is 5.69. The van der Waals surface area contributed by atoms with Gasteiger partial charge in [0, 0.05) is 7.11 Å². The lowest BCUT2D eigenvalue weighted by molar-refractivity contribution is -0.105. The van der Waals surface area contributed by atoms with Gasteiger partial charge in [-0.15, -0.1) is 0 Å². The van der Waals surface area contributed by atoms with Crippen molar-refractivity contribution in [2.24, 2.45) is 11.8 Å². The number of allylic oxidation sites excluding steroid dienone is 8. The molecule has 0 aliphatic carbocycles. The zero-order chi connectivity index (χ0) is 27.7. The average molecular weight is 506 g/mol. The highest BCUT2D eigenvalue weighted by atomic mass is 16.6. The van der Waals surface area contributed by atoms with Crippen LogP contribution < -0.4 is 5.32 Å². The van der Waals surface area contributed by atoms with E-state index in [4.69, 9.17) is 9.47 Å². The van der Waals surface area contributed by atoms with Crippen molar-refractivity contribution in [3.8, 4) is 0 Å². The fraction of sp³-hybridized carbons (Fsp3) is 0.710. The van der Waals surface area contributed by atoms with Crippen LogP contribution in [0.3, 0.4) is 0 Å². The third-order valence-corrected chi connectivity index (χ3v) is 6.25. The standard InChI is InChI=1S/C31H55NO4/c1-22(2)20-27(8)21-26(7)18-12-16-24(5)14-11-15-25(6)17-13-19-28(9)36-31(34)32-29(23(3)4)30(33)35-10/h14,17-18,20,23,27-30,33H,11-13,15-16,19,21H2,1-10H3,(H,32,34). The number of hydrogen-bond acceptors (Lipinski definition) is 4. The van der Waals surface area contributed by atoms with E-state index in [1.165, 1.54) is 29.4 Å². The molecule has 0 bridgehead atoms. The van der Waals surface area contributed by atoms with Gasteiger partial charge in [-0.05, 0) is 98.3 Å². The summed E-state index contributed by atoms with van der Waals surface area (Å²) in [5.74, 6) is 0.629. The Kier molecular flexibility index (Phi) is 18.3. The molecule has 0 aromatic heterocycles. The second kappa shape index (κ2) is 19.3. The third-order valence-electron chi connectivity index (χ3n) is 6.25. The van der Waals surface area contributed by atoms with Gasteiger partial charge in [0.15, 0.2) is 6.29 Å². The van der Waals surface area contributed by atoms with E-state index in [1.54, 1.807) is 0 Å². The van der Waals surface area contributed by atoms with Gasteiger partial charge in [0.25, 0.3) is 0 Å². The molecule has 36 heavy (non-hydrogen) atoms. The Bertz CT molecular complexity index is 744. The normalized spacial score (nSPS) is 16.4. The van der Waals surface area contributed by atoms with Crippen molar-refractivity contribution in [3.05, 3.63) is 46.6 Å². The average Bonchev–Trinajstić information content (AvgIpc) is 2.75. The van der Waals surface area contributed by atoms with E-state index in [1.807, 2.05) is 20.8 Å². The van der Waals surface area contributed by atoms with Gasteiger partial charge in [-0.25, -0.2) is 4.79 Å². The molecule has 208 valence electrons. The van der Waals surface area contributed by atoms with Crippen LogP contribution in [0.25, 0.3) is 0 Å². The van der Waals surface area contributed by atoms with Crippen LogP contribution in [-0.2, 0) is 9.47 Å². The van der Waals surface area contributed by atoms with Crippen molar-refractivity contribution in [2.75, 3.05) is 7.11 Å². The molecule has 0 spiro atoms. The van der Waals surface area contributed by atoms with Gasteiger partial charge in [0.2, 0.25) is 0 Å². The van der Waals surface area contributed by atoms with Gasteiger partial charge < -0.3 is 19.9 Å². The predicted molar refractivity (Wildman–Crippen MR) is 153 cm³/mol. The molecule has 2 N–H and O–H groups in total. The number of carbonyl (C=O) groups is 1. The first kappa shape index (κ1) is 34.1. The number of amides is 1. The molecule has 4 unspecified atom stereocenters. The van der Waals surface area contributed by atoms with Crippen molar-refractivity contribution in [3.63, 3.8) is 0 Å². The van der Waals surface area contributed by atoms with Crippen LogP contribution in [0.4, 0.5) is 4.79 Å². The molecule has 0 saturated heterocycles. The van der Waals surface area contributed by atoms with Gasteiger partial charge >= 0.3 is 6.09 Å². The van der Waals surface area contributed by atoms with E-state index in [-0.39, 0.29) is 12.0 Å². The quantitative estimate of drug-likeness (QED) is 0.154. The minimum absolute atomic E-state index is 0.0214. The predicted octanol–water partition coefficient (Wildman–Crippen LogP) is 8.26. The van der Waals surface area contributed by atoms with Crippen molar-refractivity contribution in [1.82, 2.24) is 5.32 Å². The summed E-state index contributed by atoms with van der Waals surface area (Å²) in [7, 11) is 1.41. The maximum absolute atomic E-state index is 12.2. The van der Waals surface area contributed by atoms with Crippen molar-refractivity contribution in [1.29, 1.82) is 0 Å². The van der Waals surface area contributed by atoms with Crippen LogP contribution >= 0.6 is 0 Å². The third kappa shape index (κ3) is 17.6. The molecule has 0 aliphatic heterocycles. The number of alkyl carbamates (subject to hydrolysis) is 1. The van der Waals surface area contributed by atoms with Crippen LogP contribution in [0.2, 0.25) is 0 Å². The Morgan fingerprint density at radius 2 is 1.39 bits per heavy atom. The van der Waals surface area contributed by atoms with Crippen LogP contribution in [0.5, 0.6) is 0 Å². The van der Waals surface area contributed by atoms with Crippen LogP contribution in [0, 0.1) is 11.8 Å². The Morgan fingerprint density at radius 3 is 1.89 bits per heavy atom. The molecular weight excluding hydrogens is 450 g/mol. The van der Waals surface area contributed by atoms with Crippen LogP contribution in [-0.4, -0.2) is 36.7 Å². The van der Waals surface area contributed by atoms with Crippen molar-refractivity contribution in [2.45, 2.75) is 126 Å². The monoisotopic (exact) mass is 505 g/mol. The van der Waals surface area contributed by atoms with E-state index in [0.29, 0.717) is 5.92 Å². The van der Waals surface area contributed by atoms with Crippen LogP contribution in [0.15, 0.2) is 46.6 Å². The molecule has 5 nitrogen and oxygen atoms in total. The number of nitrogens with one attached hydrogen (secondary N) is 1. The summed E-state index contributed by atoms with van der Waals surface area (Å²) < 4.78 is 10.4. The summed E-state index contributed by atoms with van der Waals surface area (Å²) >= 11 is 0. The summed E-state index contributed by atoms with van der Waals surface area (Å²) in [6.07, 6.45) is 14.7. The lowest BCUT2D eigenvalue weighted by Crippen LogP contribution is -2.48. The molecule has 0 rings (SSSR count). The molecule has 1 amide bonds. The molecule has 0 aliphatic rings. The second-order valence-corrected chi connectivity index (χ2v) is 11.0. The molecule has 5 heteroatoms. The van der Waals surface area contributed by atoms with Gasteiger partial charge in [0.05, 0.1) is 6.04 Å². The minimum Gasteiger partial charge on any atom is -0.447 e. The van der Waals surface area contributed by atoms with E-state index >= 15 is 0 Å². The fourth-order valence-electron chi connectivity index (χ4n) is 4.21. The highest BCUT2D eigenvalue weighted by Crippen LogP contribution is 2.17. The van der Waals surface area contributed by atoms with E-state index in [9.17, 15) is 9.90 Å². The number of aliphatic hydroxyl groups excluding tert-OH is 1. The molecular formula is C31H55NO4. The molecule has 4 atom stereocenters. The number of hydrogen-bond donors (Lipinski definition) is 2. The van der Waals surface area contributed by atoms with Gasteiger partial charge in [-0.3, -0.25) is 0 Å². The lowest BCUT2D eigenvalue weighted by atomic mass is 9.98. The van der Waals surface area contributed by atoms with Crippen molar-refractivity contribution < 1.29 is 19.4 Å². The maximum Gasteiger partial charge on any atom is 0.407 e. The zero-order valence-electron chi connectivity index (χ0n) is 24.8. The number of carbonyl (C=O) groups excluding carboxylic acids is 1. The largest absolute Gasteiger partial charge is 0.447 e. The van der Waals surface area contributed by atoms with Gasteiger partial charge in [0.1, 0.15) is 6.10 Å². The summed E-state index contributed by atoms with van der Waals surface area (Å²) in [4.78, 5) is 12.2. The molecule has 0 fully saturated rings. The first-order valence-corrected chi connectivity index (χ1v) is 13.7. The number of ether oxygens (including phenoxy) is 2. The van der Waals surface area contributed by atoms with E-state index < -0.39 is 18.4 Å². The molecule has 0 saturated carbocycles. The first-order chi connectivity index (χ1) is 16.8. The van der Waals surface area contributed by atoms with Crippen molar-refractivity contribution >= 4 is 6.09 Å². The minimum atomic E-state index is -1.06. The summed E-state index contributed by atoms with van der Waals surface area (Å²) in [5, 5.41) is 12.6. The second-order valence-electron chi connectivity index (χ2n) is 11.0. The van der Waals surface area contributed by atoms with E-state index in [2.05, 4.69) is 71.2 Å². The van der Waals surface area contributed by atoms with Crippen LogP contribution in [0.1, 0.15) is 107 Å². The Morgan fingerprint density at radius 1 is 0.861 bits per heavy atom. The maximum atomic E-state index is 12.2. The highest BCUT2D eigenvalue weighted by Gasteiger charge is 2.25.